The van der Waals surface area contributed by atoms with E-state index in [1.54, 1.807) is 0 Å². The highest BCUT2D eigenvalue weighted by Gasteiger charge is 2.01. The zero-order valence-corrected chi connectivity index (χ0v) is 12.3. The van der Waals surface area contributed by atoms with Crippen molar-refractivity contribution in [1.29, 1.82) is 0 Å². The highest BCUT2D eigenvalue weighted by atomic mass is 32.2. The Morgan fingerprint density at radius 2 is 1.83 bits per heavy atom. The summed E-state index contributed by atoms with van der Waals surface area (Å²) < 4.78 is 0.175. The summed E-state index contributed by atoms with van der Waals surface area (Å²) in [6.07, 6.45) is 6.39. The van der Waals surface area contributed by atoms with Crippen LogP contribution in [0, 0.1) is 0 Å². The van der Waals surface area contributed by atoms with Gasteiger partial charge in [-0.15, -0.1) is 0 Å². The molecule has 0 aliphatic rings. The molecule has 0 saturated carbocycles. The van der Waals surface area contributed by atoms with Crippen molar-refractivity contribution in [3.05, 3.63) is 44.1 Å². The van der Waals surface area contributed by atoms with Gasteiger partial charge < -0.3 is 0 Å². The average Bonchev–Trinajstić information content (AvgIpc) is 2.82. The van der Waals surface area contributed by atoms with Crippen molar-refractivity contribution < 1.29 is 0 Å². The molecule has 0 radical (unpaired) electrons. The first-order valence-electron chi connectivity index (χ1n) is 6.47. The molecule has 1 aromatic heterocycles. The lowest BCUT2D eigenvalue weighted by Crippen LogP contribution is -1.85. The van der Waals surface area contributed by atoms with Gasteiger partial charge in [-0.25, -0.2) is 0 Å². The first-order chi connectivity index (χ1) is 8.79. The van der Waals surface area contributed by atoms with Gasteiger partial charge in [-0.2, -0.15) is 0 Å². The Kier molecular flexibility index (Phi) is 5.14. The molecule has 0 saturated heterocycles. The van der Waals surface area contributed by atoms with Crippen LogP contribution in [-0.4, -0.2) is 0 Å². The number of unbranched alkanes of at least 4 members (excludes halogenated alkanes) is 3. The van der Waals surface area contributed by atoms with Crippen LogP contribution in [0.1, 0.15) is 38.2 Å². The van der Waals surface area contributed by atoms with Crippen molar-refractivity contribution in [2.24, 2.45) is 0 Å². The molecule has 0 unspecified atom stereocenters. The molecule has 0 aliphatic carbocycles. The molecule has 96 valence electrons. The summed E-state index contributed by atoms with van der Waals surface area (Å²) >= 11 is 2.62. The van der Waals surface area contributed by atoms with E-state index in [1.807, 2.05) is 5.38 Å². The molecule has 18 heavy (non-hydrogen) atoms. The van der Waals surface area contributed by atoms with E-state index in [9.17, 15) is 4.79 Å². The number of aryl methyl sites for hydroxylation is 1. The molecule has 0 bridgehead atoms. The molecular formula is C15H18OS2. The van der Waals surface area contributed by atoms with E-state index in [0.717, 1.165) is 10.4 Å². The molecule has 0 fully saturated rings. The van der Waals surface area contributed by atoms with Crippen molar-refractivity contribution in [3.8, 4) is 10.4 Å². The third-order valence-corrected chi connectivity index (χ3v) is 4.99. The summed E-state index contributed by atoms with van der Waals surface area (Å²) in [5.74, 6) is 0. The fraction of sp³-hybridized carbons (Fsp3) is 0.400. The predicted octanol–water partition coefficient (Wildman–Crippen LogP) is 4.96. The van der Waals surface area contributed by atoms with Crippen molar-refractivity contribution in [3.63, 3.8) is 0 Å². The van der Waals surface area contributed by atoms with Crippen molar-refractivity contribution in [1.82, 2.24) is 0 Å². The first kappa shape index (κ1) is 13.5. The summed E-state index contributed by atoms with van der Waals surface area (Å²) in [6, 6.07) is 8.65. The van der Waals surface area contributed by atoms with E-state index in [0.29, 0.717) is 0 Å². The summed E-state index contributed by atoms with van der Waals surface area (Å²) in [7, 11) is 0. The Bertz CT molecular complexity index is 522. The Morgan fingerprint density at radius 3 is 2.44 bits per heavy atom. The van der Waals surface area contributed by atoms with E-state index < -0.39 is 0 Å². The Labute approximate surface area is 116 Å². The van der Waals surface area contributed by atoms with E-state index in [-0.39, 0.29) is 4.06 Å². The fourth-order valence-electron chi connectivity index (χ4n) is 1.96. The smallest absolute Gasteiger partial charge is 0.265 e. The quantitative estimate of drug-likeness (QED) is 0.683. The number of rotatable bonds is 6. The van der Waals surface area contributed by atoms with Crippen LogP contribution in [-0.2, 0) is 6.42 Å². The van der Waals surface area contributed by atoms with Gasteiger partial charge in [0.2, 0.25) is 0 Å². The monoisotopic (exact) mass is 278 g/mol. The van der Waals surface area contributed by atoms with Gasteiger partial charge in [0.25, 0.3) is 4.06 Å². The van der Waals surface area contributed by atoms with E-state index >= 15 is 0 Å². The van der Waals surface area contributed by atoms with Crippen LogP contribution in [0.2, 0.25) is 0 Å². The third-order valence-electron chi connectivity index (χ3n) is 3.01. The normalized spacial score (nSPS) is 10.7. The summed E-state index contributed by atoms with van der Waals surface area (Å²) in [6.45, 7) is 2.24. The lowest BCUT2D eigenvalue weighted by molar-refractivity contribution is 0.667. The van der Waals surface area contributed by atoms with Crippen LogP contribution >= 0.6 is 22.7 Å². The number of benzene rings is 1. The first-order valence-corrected chi connectivity index (χ1v) is 8.17. The molecule has 1 nitrogen and oxygen atoms in total. The van der Waals surface area contributed by atoms with Crippen LogP contribution < -0.4 is 4.06 Å². The second-order valence-corrected chi connectivity index (χ2v) is 6.57. The van der Waals surface area contributed by atoms with Crippen LogP contribution in [0.3, 0.4) is 0 Å². The predicted molar refractivity (Wildman–Crippen MR) is 81.7 cm³/mol. The Morgan fingerprint density at radius 1 is 1.06 bits per heavy atom. The van der Waals surface area contributed by atoms with Crippen molar-refractivity contribution in [2.75, 3.05) is 0 Å². The molecule has 1 heterocycles. The second kappa shape index (κ2) is 6.86. The highest BCUT2D eigenvalue weighted by molar-refractivity contribution is 7.28. The summed E-state index contributed by atoms with van der Waals surface area (Å²) in [4.78, 5) is 12.3. The average molecular weight is 278 g/mol. The van der Waals surface area contributed by atoms with Crippen molar-refractivity contribution >= 4 is 22.7 Å². The zero-order chi connectivity index (χ0) is 12.8. The van der Waals surface area contributed by atoms with Crippen LogP contribution in [0.4, 0.5) is 0 Å². The standard InChI is InChI=1S/C15H18OS2/c1-2-3-4-5-6-12-7-9-13(10-8-12)14-11-17-15(16)18-14/h7-11H,2-6H2,1H3. The molecule has 1 aromatic carbocycles. The molecule has 0 spiro atoms. The molecule has 0 aliphatic heterocycles. The van der Waals surface area contributed by atoms with Gasteiger partial charge >= 0.3 is 0 Å². The van der Waals surface area contributed by atoms with Gasteiger partial charge in [-0.1, -0.05) is 73.1 Å². The van der Waals surface area contributed by atoms with Crippen LogP contribution in [0.15, 0.2) is 34.4 Å². The molecular weight excluding hydrogens is 260 g/mol. The lowest BCUT2D eigenvalue weighted by atomic mass is 10.0. The van der Waals surface area contributed by atoms with Gasteiger partial charge in [0.1, 0.15) is 0 Å². The molecule has 2 rings (SSSR count). The Balaban J connectivity index is 1.95. The Hall–Kier alpha value is -0.930. The van der Waals surface area contributed by atoms with Crippen LogP contribution in [0.5, 0.6) is 0 Å². The van der Waals surface area contributed by atoms with Gasteiger partial charge in [0.15, 0.2) is 0 Å². The zero-order valence-electron chi connectivity index (χ0n) is 10.6. The summed E-state index contributed by atoms with van der Waals surface area (Å²) in [5, 5.41) is 1.95. The van der Waals surface area contributed by atoms with Gasteiger partial charge in [0, 0.05) is 10.3 Å². The minimum absolute atomic E-state index is 0.175. The van der Waals surface area contributed by atoms with Gasteiger partial charge in [-0.3, -0.25) is 4.79 Å². The van der Waals surface area contributed by atoms with Crippen molar-refractivity contribution in [2.45, 2.75) is 39.0 Å². The lowest BCUT2D eigenvalue weighted by Gasteiger charge is -2.02. The topological polar surface area (TPSA) is 17.1 Å². The molecule has 0 N–H and O–H groups in total. The van der Waals surface area contributed by atoms with E-state index in [2.05, 4.69) is 31.2 Å². The number of hydrogen-bond donors (Lipinski definition) is 0. The largest absolute Gasteiger partial charge is 0.287 e. The van der Waals surface area contributed by atoms with Crippen LogP contribution in [0.25, 0.3) is 10.4 Å². The summed E-state index contributed by atoms with van der Waals surface area (Å²) in [5.41, 5.74) is 2.56. The highest BCUT2D eigenvalue weighted by Crippen LogP contribution is 2.24. The molecule has 2 aromatic rings. The maximum Gasteiger partial charge on any atom is 0.287 e. The molecule has 0 amide bonds. The second-order valence-electron chi connectivity index (χ2n) is 4.46. The molecule has 0 atom stereocenters. The minimum atomic E-state index is 0.175. The minimum Gasteiger partial charge on any atom is -0.265 e. The maximum absolute atomic E-state index is 11.2. The number of hydrogen-bond acceptors (Lipinski definition) is 3. The molecule has 3 heteroatoms. The van der Waals surface area contributed by atoms with E-state index in [4.69, 9.17) is 0 Å². The van der Waals surface area contributed by atoms with Gasteiger partial charge in [0.05, 0.1) is 0 Å². The fourth-order valence-corrected chi connectivity index (χ4v) is 3.67. The maximum atomic E-state index is 11.2. The van der Waals surface area contributed by atoms with Gasteiger partial charge in [-0.05, 0) is 24.0 Å². The third kappa shape index (κ3) is 3.79. The SMILES string of the molecule is CCCCCCc1ccc(-c2csc(=O)s2)cc1. The van der Waals surface area contributed by atoms with E-state index in [1.165, 1.54) is 60.3 Å².